The molecule has 2 nitrogen and oxygen atoms in total. The molecule has 0 unspecified atom stereocenters. The molecule has 32 heavy (non-hydrogen) atoms. The van der Waals surface area contributed by atoms with Crippen LogP contribution in [0.3, 0.4) is 0 Å². The lowest BCUT2D eigenvalue weighted by Crippen LogP contribution is -2.00. The third-order valence-corrected chi connectivity index (χ3v) is 6.35. The van der Waals surface area contributed by atoms with Gasteiger partial charge in [0.2, 0.25) is 0 Å². The molecule has 1 aromatic carbocycles. The number of fused-ring (bicyclic) bond motifs is 17. The first-order valence-electron chi connectivity index (χ1n) is 13.0. The number of methoxy groups -OCH3 is 2. The van der Waals surface area contributed by atoms with Crippen molar-refractivity contribution in [1.82, 2.24) is 0 Å². The zero-order valence-corrected chi connectivity index (χ0v) is 20.7. The van der Waals surface area contributed by atoms with E-state index < -0.39 is 0 Å². The highest BCUT2D eigenvalue weighted by Crippen LogP contribution is 2.22. The highest BCUT2D eigenvalue weighted by Gasteiger charge is 2.09. The van der Waals surface area contributed by atoms with E-state index in [0.717, 1.165) is 12.8 Å². The Morgan fingerprint density at radius 2 is 0.844 bits per heavy atom. The maximum Gasteiger partial charge on any atom is 0.107 e. The van der Waals surface area contributed by atoms with Gasteiger partial charge in [-0.25, -0.2) is 0 Å². The molecule has 176 valence electrons. The second kappa shape index (κ2) is 17.8. The molecule has 0 saturated carbocycles. The summed E-state index contributed by atoms with van der Waals surface area (Å²) in [5.41, 5.74) is 5.02. The summed E-state index contributed by atoms with van der Waals surface area (Å²) >= 11 is 0. The molecule has 0 fully saturated rings. The van der Waals surface area contributed by atoms with Gasteiger partial charge in [0.15, 0.2) is 0 Å². The molecule has 0 aliphatic heterocycles. The van der Waals surface area contributed by atoms with Crippen LogP contribution in [-0.4, -0.2) is 27.4 Å². The number of hydrogen-bond donors (Lipinski definition) is 0. The molecule has 0 aromatic heterocycles. The van der Waals surface area contributed by atoms with E-state index in [2.05, 4.69) is 35.8 Å². The second-order valence-corrected chi connectivity index (χ2v) is 9.09. The Kier molecular flexibility index (Phi) is 14.7. The molecule has 2 heteroatoms. The fourth-order valence-corrected chi connectivity index (χ4v) is 4.49. The summed E-state index contributed by atoms with van der Waals surface area (Å²) in [6.45, 7) is 0.953. The third-order valence-electron chi connectivity index (χ3n) is 6.35. The molecule has 0 radical (unpaired) electrons. The summed E-state index contributed by atoms with van der Waals surface area (Å²) in [5.74, 6) is 13.1. The van der Waals surface area contributed by atoms with Gasteiger partial charge < -0.3 is 9.47 Å². The van der Waals surface area contributed by atoms with Crippen LogP contribution in [0.1, 0.15) is 112 Å². The summed E-state index contributed by atoms with van der Waals surface area (Å²) in [6, 6.07) is 4.63. The summed E-state index contributed by atoms with van der Waals surface area (Å²) in [4.78, 5) is 0. The summed E-state index contributed by atoms with van der Waals surface area (Å²) in [5, 5.41) is 0. The Bertz CT molecular complexity index is 691. The van der Waals surface area contributed by atoms with Gasteiger partial charge in [-0.15, -0.1) is 0 Å². The number of benzene rings is 1. The topological polar surface area (TPSA) is 18.5 Å². The zero-order chi connectivity index (χ0) is 22.7. The average Bonchev–Trinajstić information content (AvgIpc) is 2.80. The molecule has 0 atom stereocenters. The standard InChI is InChI=1S/C30H44O2/c1-31-23-17-21-29-25-28-20-16-14-12-10-8-6-4-3-5-7-9-11-13-15-19-27(29)26-30(28)22-18-24-32-2/h25-26H,3-16,19-20,23-24H2,1-2H3. The Hall–Kier alpha value is -1.74. The maximum absolute atomic E-state index is 5.17. The van der Waals surface area contributed by atoms with Crippen LogP contribution in [0, 0.1) is 23.7 Å². The molecule has 0 spiro atoms. The van der Waals surface area contributed by atoms with Crippen molar-refractivity contribution in [2.45, 2.75) is 103 Å². The first-order chi connectivity index (χ1) is 15.8. The molecular formula is C30H44O2. The van der Waals surface area contributed by atoms with Crippen LogP contribution in [0.4, 0.5) is 0 Å². The van der Waals surface area contributed by atoms with Gasteiger partial charge in [-0.05, 0) is 48.9 Å². The number of hydrogen-bond acceptors (Lipinski definition) is 2. The molecule has 2 aliphatic carbocycles. The molecule has 3 rings (SSSR count). The van der Waals surface area contributed by atoms with E-state index >= 15 is 0 Å². The molecule has 0 saturated heterocycles. The minimum absolute atomic E-state index is 0.476. The molecule has 1 aromatic rings. The predicted octanol–water partition coefficient (Wildman–Crippen LogP) is 7.24. The highest BCUT2D eigenvalue weighted by molar-refractivity contribution is 5.52. The Balaban J connectivity index is 2.21. The highest BCUT2D eigenvalue weighted by atomic mass is 16.5. The van der Waals surface area contributed by atoms with E-state index in [1.54, 1.807) is 14.2 Å². The van der Waals surface area contributed by atoms with Crippen LogP contribution in [0.2, 0.25) is 0 Å². The first kappa shape index (κ1) is 26.5. The molecule has 2 bridgehead atoms. The van der Waals surface area contributed by atoms with Gasteiger partial charge >= 0.3 is 0 Å². The zero-order valence-electron chi connectivity index (χ0n) is 20.7. The summed E-state index contributed by atoms with van der Waals surface area (Å²) in [7, 11) is 3.41. The first-order valence-corrected chi connectivity index (χ1v) is 13.0. The monoisotopic (exact) mass is 436 g/mol. The van der Waals surface area contributed by atoms with Gasteiger partial charge in [-0.1, -0.05) is 101 Å². The molecule has 0 amide bonds. The Morgan fingerprint density at radius 3 is 1.16 bits per heavy atom. The second-order valence-electron chi connectivity index (χ2n) is 9.09. The lowest BCUT2D eigenvalue weighted by atomic mass is 9.92. The fourth-order valence-electron chi connectivity index (χ4n) is 4.49. The van der Waals surface area contributed by atoms with Gasteiger partial charge in [-0.3, -0.25) is 0 Å². The largest absolute Gasteiger partial charge is 0.372 e. The van der Waals surface area contributed by atoms with Gasteiger partial charge in [0.25, 0.3) is 0 Å². The van der Waals surface area contributed by atoms with Crippen molar-refractivity contribution in [3.63, 3.8) is 0 Å². The number of ether oxygens (including phenoxy) is 2. The van der Waals surface area contributed by atoms with E-state index in [9.17, 15) is 0 Å². The number of rotatable bonds is 2. The van der Waals surface area contributed by atoms with Crippen LogP contribution in [-0.2, 0) is 22.3 Å². The molecular weight excluding hydrogens is 392 g/mol. The molecule has 2 aliphatic rings. The molecule has 0 heterocycles. The lowest BCUT2D eigenvalue weighted by Gasteiger charge is -2.12. The van der Waals surface area contributed by atoms with Crippen molar-refractivity contribution in [3.8, 4) is 23.7 Å². The van der Waals surface area contributed by atoms with E-state index in [0.29, 0.717) is 13.2 Å². The Morgan fingerprint density at radius 1 is 0.531 bits per heavy atom. The molecule has 0 N–H and O–H groups in total. The number of aryl methyl sites for hydroxylation is 2. The van der Waals surface area contributed by atoms with Crippen molar-refractivity contribution in [2.24, 2.45) is 0 Å². The SMILES string of the molecule is COCC#Cc1cc2c(C#CCOC)cc1CCCCCCCCCCCCCCCC2. The quantitative estimate of drug-likeness (QED) is 0.455. The van der Waals surface area contributed by atoms with Crippen LogP contribution in [0.25, 0.3) is 0 Å². The Labute approximate surface area is 197 Å². The minimum Gasteiger partial charge on any atom is -0.372 e. The van der Waals surface area contributed by atoms with Crippen LogP contribution >= 0.6 is 0 Å². The van der Waals surface area contributed by atoms with Crippen LogP contribution in [0.15, 0.2) is 12.1 Å². The van der Waals surface area contributed by atoms with E-state index in [4.69, 9.17) is 9.47 Å². The smallest absolute Gasteiger partial charge is 0.107 e. The van der Waals surface area contributed by atoms with Crippen molar-refractivity contribution >= 4 is 0 Å². The average molecular weight is 437 g/mol. The third kappa shape index (κ3) is 11.2. The summed E-state index contributed by atoms with van der Waals surface area (Å²) in [6.07, 6.45) is 21.2. The van der Waals surface area contributed by atoms with E-state index in [1.807, 2.05) is 0 Å². The normalized spacial score (nSPS) is 16.9. The van der Waals surface area contributed by atoms with Gasteiger partial charge in [0.1, 0.15) is 13.2 Å². The van der Waals surface area contributed by atoms with Crippen molar-refractivity contribution < 1.29 is 9.47 Å². The van der Waals surface area contributed by atoms with Crippen molar-refractivity contribution in [1.29, 1.82) is 0 Å². The van der Waals surface area contributed by atoms with Crippen molar-refractivity contribution in [3.05, 3.63) is 34.4 Å². The van der Waals surface area contributed by atoms with E-state index in [-0.39, 0.29) is 0 Å². The maximum atomic E-state index is 5.17. The summed E-state index contributed by atoms with van der Waals surface area (Å²) < 4.78 is 10.3. The van der Waals surface area contributed by atoms with Crippen molar-refractivity contribution in [2.75, 3.05) is 27.4 Å². The lowest BCUT2D eigenvalue weighted by molar-refractivity contribution is 0.239. The minimum atomic E-state index is 0.476. The van der Waals surface area contributed by atoms with Crippen LogP contribution in [0.5, 0.6) is 0 Å². The van der Waals surface area contributed by atoms with Gasteiger partial charge in [0, 0.05) is 25.3 Å². The van der Waals surface area contributed by atoms with Gasteiger partial charge in [0.05, 0.1) is 0 Å². The van der Waals surface area contributed by atoms with E-state index in [1.165, 1.54) is 112 Å². The predicted molar refractivity (Wildman–Crippen MR) is 136 cm³/mol. The van der Waals surface area contributed by atoms with Crippen LogP contribution < -0.4 is 0 Å². The fraction of sp³-hybridized carbons (Fsp3) is 0.667. The van der Waals surface area contributed by atoms with Gasteiger partial charge in [-0.2, -0.15) is 0 Å².